The summed E-state index contributed by atoms with van der Waals surface area (Å²) in [6.07, 6.45) is 5.33. The Morgan fingerprint density at radius 1 is 0.905 bits per heavy atom. The number of anilines is 2. The van der Waals surface area contributed by atoms with Crippen molar-refractivity contribution in [2.75, 3.05) is 50.0 Å². The Hall–Kier alpha value is -4.31. The van der Waals surface area contributed by atoms with Gasteiger partial charge in [-0.3, -0.25) is 14.5 Å². The van der Waals surface area contributed by atoms with Crippen LogP contribution in [0.2, 0.25) is 0 Å². The molecule has 1 amide bonds. The van der Waals surface area contributed by atoms with Crippen LogP contribution < -0.4 is 19.1 Å². The quantitative estimate of drug-likeness (QED) is 0.300. The first-order valence-electron chi connectivity index (χ1n) is 14.1. The van der Waals surface area contributed by atoms with Crippen molar-refractivity contribution < 1.29 is 22.7 Å². The fourth-order valence-corrected chi connectivity index (χ4v) is 6.94. The molecule has 1 aromatic heterocycles. The normalized spacial score (nSPS) is 15.8. The summed E-state index contributed by atoms with van der Waals surface area (Å²) in [5.41, 5.74) is 3.43. The molecule has 0 radical (unpaired) electrons. The molecule has 2 heterocycles. The molecule has 2 aliphatic rings. The molecule has 218 valence electrons. The van der Waals surface area contributed by atoms with Crippen LogP contribution in [0.4, 0.5) is 11.4 Å². The molecule has 0 atom stereocenters. The summed E-state index contributed by atoms with van der Waals surface area (Å²) in [5.74, 6) is 1.64. The lowest BCUT2D eigenvalue weighted by Crippen LogP contribution is -2.48. The minimum Gasteiger partial charge on any atom is -0.495 e. The molecular weight excluding hydrogens is 552 g/mol. The highest BCUT2D eigenvalue weighted by atomic mass is 32.2. The smallest absolute Gasteiger partial charge is 0.264 e. The molecule has 0 unspecified atom stereocenters. The van der Waals surface area contributed by atoms with Crippen LogP contribution in [0.15, 0.2) is 77.8 Å². The van der Waals surface area contributed by atoms with E-state index in [0.717, 1.165) is 16.8 Å². The van der Waals surface area contributed by atoms with E-state index in [0.29, 0.717) is 43.2 Å². The molecule has 3 aromatic carbocycles. The van der Waals surface area contributed by atoms with Gasteiger partial charge in [0.15, 0.2) is 0 Å². The molecule has 1 saturated heterocycles. The Balaban J connectivity index is 1.15. The molecule has 1 N–H and O–H groups in total. The van der Waals surface area contributed by atoms with E-state index in [4.69, 9.17) is 9.47 Å². The van der Waals surface area contributed by atoms with Crippen molar-refractivity contribution in [2.45, 2.75) is 30.1 Å². The second-order valence-electron chi connectivity index (χ2n) is 10.7. The van der Waals surface area contributed by atoms with Crippen molar-refractivity contribution in [3.63, 3.8) is 0 Å². The van der Waals surface area contributed by atoms with Crippen LogP contribution >= 0.6 is 0 Å². The minimum atomic E-state index is -3.97. The highest BCUT2D eigenvalue weighted by Gasteiger charge is 2.27. The maximum Gasteiger partial charge on any atom is 0.264 e. The van der Waals surface area contributed by atoms with Crippen LogP contribution in [-0.2, 0) is 10.0 Å². The summed E-state index contributed by atoms with van der Waals surface area (Å²) >= 11 is 0. The van der Waals surface area contributed by atoms with Crippen LogP contribution in [-0.4, -0.2) is 64.6 Å². The number of methoxy groups -OCH3 is 2. The molecule has 0 bridgehead atoms. The molecule has 1 aliphatic heterocycles. The van der Waals surface area contributed by atoms with Crippen molar-refractivity contribution in [2.24, 2.45) is 0 Å². The van der Waals surface area contributed by atoms with Gasteiger partial charge in [0.05, 0.1) is 31.1 Å². The summed E-state index contributed by atoms with van der Waals surface area (Å²) in [5, 5.41) is 0.720. The number of fused-ring (bicyclic) bond motifs is 1. The Morgan fingerprint density at radius 2 is 1.67 bits per heavy atom. The fraction of sp³-hybridized carbons (Fsp3) is 0.312. The lowest BCUT2D eigenvalue weighted by molar-refractivity contribution is 0.0746. The van der Waals surface area contributed by atoms with Crippen molar-refractivity contribution >= 4 is 38.2 Å². The van der Waals surface area contributed by atoms with Crippen molar-refractivity contribution in [1.82, 2.24) is 9.88 Å². The highest BCUT2D eigenvalue weighted by Crippen LogP contribution is 2.40. The van der Waals surface area contributed by atoms with Gasteiger partial charge in [-0.15, -0.1) is 0 Å². The van der Waals surface area contributed by atoms with Crippen LogP contribution in [0.25, 0.3) is 10.9 Å². The number of hydrogen-bond donors (Lipinski definition) is 1. The molecule has 2 fully saturated rings. The first-order chi connectivity index (χ1) is 20.4. The Morgan fingerprint density at radius 3 is 2.38 bits per heavy atom. The van der Waals surface area contributed by atoms with E-state index in [2.05, 4.69) is 32.8 Å². The van der Waals surface area contributed by atoms with Crippen LogP contribution in [0.5, 0.6) is 11.5 Å². The molecular formula is C32H34N4O5S. The van der Waals surface area contributed by atoms with Gasteiger partial charge < -0.3 is 19.3 Å². The standard InChI is InChI=1S/C32H34N4O5S/c1-40-28-21-25(11-13-26(28)34-42(38,39)30-10-4-8-23-9-5-15-33-31(23)30)32(37)36-18-16-35(17-19-36)27-14-12-24(20-29(27)41-2)22-6-3-7-22/h4-5,8-15,20-22,34H,3,6-7,16-19H2,1-2H3. The number of hydrogen-bond acceptors (Lipinski definition) is 7. The number of nitrogens with zero attached hydrogens (tertiary/aromatic N) is 3. The molecule has 6 rings (SSSR count). The van der Waals surface area contributed by atoms with Crippen molar-refractivity contribution in [3.05, 3.63) is 84.1 Å². The Labute approximate surface area is 246 Å². The fourth-order valence-electron chi connectivity index (χ4n) is 5.69. The zero-order valence-corrected chi connectivity index (χ0v) is 24.6. The number of piperazine rings is 1. The van der Waals surface area contributed by atoms with E-state index in [1.54, 1.807) is 43.6 Å². The maximum atomic E-state index is 13.4. The number of carbonyl (C=O) groups is 1. The molecule has 10 heteroatoms. The van der Waals surface area contributed by atoms with E-state index in [1.165, 1.54) is 38.0 Å². The third-order valence-corrected chi connectivity index (χ3v) is 9.66. The zero-order chi connectivity index (χ0) is 29.3. The van der Waals surface area contributed by atoms with Crippen molar-refractivity contribution in [3.8, 4) is 11.5 Å². The van der Waals surface area contributed by atoms with E-state index < -0.39 is 10.0 Å². The van der Waals surface area contributed by atoms with Crippen LogP contribution in [0, 0.1) is 0 Å². The molecule has 42 heavy (non-hydrogen) atoms. The molecule has 1 saturated carbocycles. The number of benzene rings is 3. The Kier molecular flexibility index (Phi) is 7.64. The summed E-state index contributed by atoms with van der Waals surface area (Å²) in [7, 11) is -0.819. The highest BCUT2D eigenvalue weighted by molar-refractivity contribution is 7.93. The van der Waals surface area contributed by atoms with Crippen LogP contribution in [0.1, 0.15) is 41.1 Å². The number of sulfonamides is 1. The van der Waals surface area contributed by atoms with Gasteiger partial charge in [0.25, 0.3) is 15.9 Å². The third-order valence-electron chi connectivity index (χ3n) is 8.27. The van der Waals surface area contributed by atoms with E-state index in [-0.39, 0.29) is 22.2 Å². The maximum absolute atomic E-state index is 13.4. The third kappa shape index (κ3) is 5.34. The van der Waals surface area contributed by atoms with Gasteiger partial charge in [-0.25, -0.2) is 8.42 Å². The summed E-state index contributed by atoms with van der Waals surface area (Å²) < 4.78 is 40.5. The second-order valence-corrected chi connectivity index (χ2v) is 12.3. The SMILES string of the molecule is COc1cc(C(=O)N2CCN(c3ccc(C4CCC4)cc3OC)CC2)ccc1NS(=O)(=O)c1cccc2cccnc12. The number of carbonyl (C=O) groups excluding carboxylic acids is 1. The second kappa shape index (κ2) is 11.5. The molecule has 9 nitrogen and oxygen atoms in total. The Bertz CT molecular complexity index is 1730. The summed E-state index contributed by atoms with van der Waals surface area (Å²) in [4.78, 5) is 21.8. The molecule has 4 aromatic rings. The number of para-hydroxylation sites is 1. The number of aromatic nitrogens is 1. The number of pyridine rings is 1. The summed E-state index contributed by atoms with van der Waals surface area (Å²) in [6, 6.07) is 19.8. The predicted molar refractivity (Wildman–Crippen MR) is 163 cm³/mol. The predicted octanol–water partition coefficient (Wildman–Crippen LogP) is 5.28. The lowest BCUT2D eigenvalue weighted by Gasteiger charge is -2.37. The summed E-state index contributed by atoms with van der Waals surface area (Å²) in [6.45, 7) is 2.46. The minimum absolute atomic E-state index is 0.0648. The molecule has 1 aliphatic carbocycles. The number of nitrogens with one attached hydrogen (secondary N) is 1. The average Bonchev–Trinajstić information content (AvgIpc) is 2.99. The largest absolute Gasteiger partial charge is 0.495 e. The van der Waals surface area contributed by atoms with Gasteiger partial charge in [-0.2, -0.15) is 0 Å². The van der Waals surface area contributed by atoms with Gasteiger partial charge in [-0.1, -0.05) is 30.7 Å². The van der Waals surface area contributed by atoms with Gasteiger partial charge in [-0.05, 0) is 66.8 Å². The van der Waals surface area contributed by atoms with Crippen molar-refractivity contribution in [1.29, 1.82) is 0 Å². The van der Waals surface area contributed by atoms with E-state index in [9.17, 15) is 13.2 Å². The number of ether oxygens (including phenoxy) is 2. The topological polar surface area (TPSA) is 101 Å². The van der Waals surface area contributed by atoms with Gasteiger partial charge in [0, 0.05) is 43.3 Å². The number of rotatable bonds is 8. The average molecular weight is 587 g/mol. The lowest BCUT2D eigenvalue weighted by atomic mass is 9.80. The first kappa shape index (κ1) is 27.8. The molecule has 0 spiro atoms. The van der Waals surface area contributed by atoms with Crippen LogP contribution in [0.3, 0.4) is 0 Å². The van der Waals surface area contributed by atoms with Gasteiger partial charge in [0.2, 0.25) is 0 Å². The van der Waals surface area contributed by atoms with E-state index in [1.807, 2.05) is 17.0 Å². The monoisotopic (exact) mass is 586 g/mol. The van der Waals surface area contributed by atoms with Gasteiger partial charge >= 0.3 is 0 Å². The first-order valence-corrected chi connectivity index (χ1v) is 15.6. The zero-order valence-electron chi connectivity index (χ0n) is 23.7. The van der Waals surface area contributed by atoms with Gasteiger partial charge in [0.1, 0.15) is 16.4 Å². The van der Waals surface area contributed by atoms with E-state index >= 15 is 0 Å². The number of amides is 1.